The fourth-order valence-electron chi connectivity index (χ4n) is 3.36. The lowest BCUT2D eigenvalue weighted by molar-refractivity contribution is -0.117. The van der Waals surface area contributed by atoms with Crippen LogP contribution in [0.3, 0.4) is 0 Å². The first-order chi connectivity index (χ1) is 15.2. The summed E-state index contributed by atoms with van der Waals surface area (Å²) in [5, 5.41) is 11.9. The van der Waals surface area contributed by atoms with Crippen LogP contribution in [0, 0.1) is 6.92 Å². The first-order valence-electron chi connectivity index (χ1n) is 9.70. The average molecular weight is 491 g/mol. The Morgan fingerprint density at radius 2 is 1.97 bits per heavy atom. The molecule has 0 aliphatic carbocycles. The third-order valence-electron chi connectivity index (χ3n) is 5.05. The molecule has 0 spiro atoms. The quantitative estimate of drug-likeness (QED) is 0.567. The topological polar surface area (TPSA) is 109 Å². The summed E-state index contributed by atoms with van der Waals surface area (Å²) < 4.78 is 24.7. The van der Waals surface area contributed by atoms with Crippen molar-refractivity contribution in [3.63, 3.8) is 0 Å². The number of hydrogen-bond acceptors (Lipinski definition) is 7. The minimum absolute atomic E-state index is 0.0512. The molecule has 1 saturated heterocycles. The summed E-state index contributed by atoms with van der Waals surface area (Å²) in [5.41, 5.74) is 1.65. The molecule has 1 N–H and O–H groups in total. The molecule has 1 aliphatic rings. The standard InChI is InChI=1S/C21H19ClN4O4S2/c1-13-7-8-15(10-17(13)22)26-11-14(9-19(26)28)20-24-25-21(31-20)23-18(27)12-32(29,30)16-5-3-2-4-6-16/h2-8,10,14H,9,11-12H2,1H3,(H,23,25,27)/t14-/m0/s1. The van der Waals surface area contributed by atoms with Gasteiger partial charge in [-0.05, 0) is 36.8 Å². The molecular formula is C21H19ClN4O4S2. The van der Waals surface area contributed by atoms with Crippen molar-refractivity contribution < 1.29 is 18.0 Å². The van der Waals surface area contributed by atoms with E-state index in [1.165, 1.54) is 12.1 Å². The van der Waals surface area contributed by atoms with E-state index in [1.807, 2.05) is 19.1 Å². The van der Waals surface area contributed by atoms with Gasteiger partial charge in [-0.3, -0.25) is 14.9 Å². The van der Waals surface area contributed by atoms with Gasteiger partial charge in [-0.15, -0.1) is 10.2 Å². The number of nitrogens with one attached hydrogen (secondary N) is 1. The highest BCUT2D eigenvalue weighted by atomic mass is 35.5. The number of halogens is 1. The molecule has 11 heteroatoms. The Morgan fingerprint density at radius 3 is 2.69 bits per heavy atom. The fraction of sp³-hybridized carbons (Fsp3) is 0.238. The molecule has 166 valence electrons. The third-order valence-corrected chi connectivity index (χ3v) is 8.09. The van der Waals surface area contributed by atoms with Gasteiger partial charge in [0.2, 0.25) is 16.9 Å². The van der Waals surface area contributed by atoms with E-state index in [0.29, 0.717) is 16.6 Å². The van der Waals surface area contributed by atoms with Crippen LogP contribution in [0.4, 0.5) is 10.8 Å². The number of aryl methyl sites for hydroxylation is 1. The molecule has 1 aromatic heterocycles. The number of hydrogen-bond donors (Lipinski definition) is 1. The number of sulfone groups is 1. The maximum atomic E-state index is 12.5. The Morgan fingerprint density at radius 1 is 1.22 bits per heavy atom. The van der Waals surface area contributed by atoms with Crippen LogP contribution in [0.15, 0.2) is 53.4 Å². The molecule has 32 heavy (non-hydrogen) atoms. The van der Waals surface area contributed by atoms with Crippen LogP contribution in [0.25, 0.3) is 0 Å². The third kappa shape index (κ3) is 4.82. The smallest absolute Gasteiger partial charge is 0.241 e. The number of anilines is 2. The van der Waals surface area contributed by atoms with Crippen LogP contribution in [-0.4, -0.2) is 42.7 Å². The number of carbonyl (C=O) groups is 2. The summed E-state index contributed by atoms with van der Waals surface area (Å²) in [6, 6.07) is 13.2. The maximum Gasteiger partial charge on any atom is 0.241 e. The van der Waals surface area contributed by atoms with Crippen LogP contribution in [0.2, 0.25) is 5.02 Å². The lowest BCUT2D eigenvalue weighted by Gasteiger charge is -2.17. The van der Waals surface area contributed by atoms with Crippen LogP contribution >= 0.6 is 22.9 Å². The van der Waals surface area contributed by atoms with E-state index in [4.69, 9.17) is 11.6 Å². The second kappa shape index (κ2) is 8.97. The number of rotatable bonds is 6. The summed E-state index contributed by atoms with van der Waals surface area (Å²) >= 11 is 7.32. The van der Waals surface area contributed by atoms with Gasteiger partial charge in [0.15, 0.2) is 9.84 Å². The molecule has 1 atom stereocenters. The van der Waals surface area contributed by atoms with E-state index in [9.17, 15) is 18.0 Å². The molecule has 2 amide bonds. The van der Waals surface area contributed by atoms with Gasteiger partial charge in [0.25, 0.3) is 0 Å². The van der Waals surface area contributed by atoms with Crippen molar-refractivity contribution in [2.75, 3.05) is 22.5 Å². The number of nitrogens with zero attached hydrogens (tertiary/aromatic N) is 3. The van der Waals surface area contributed by atoms with Crippen LogP contribution in [0.5, 0.6) is 0 Å². The Hall–Kier alpha value is -2.82. The largest absolute Gasteiger partial charge is 0.312 e. The van der Waals surface area contributed by atoms with E-state index < -0.39 is 21.5 Å². The van der Waals surface area contributed by atoms with Crippen molar-refractivity contribution in [3.8, 4) is 0 Å². The lowest BCUT2D eigenvalue weighted by Crippen LogP contribution is -2.24. The monoisotopic (exact) mass is 490 g/mol. The molecular weight excluding hydrogens is 472 g/mol. The normalized spacial score (nSPS) is 16.4. The molecule has 3 aromatic rings. The van der Waals surface area contributed by atoms with Crippen molar-refractivity contribution in [1.29, 1.82) is 0 Å². The Balaban J connectivity index is 1.41. The molecule has 2 heterocycles. The lowest BCUT2D eigenvalue weighted by atomic mass is 10.1. The number of benzene rings is 2. The minimum Gasteiger partial charge on any atom is -0.312 e. The number of amides is 2. The van der Waals surface area contributed by atoms with E-state index in [-0.39, 0.29) is 28.3 Å². The molecule has 4 rings (SSSR count). The summed E-state index contributed by atoms with van der Waals surface area (Å²) in [7, 11) is -3.76. The highest BCUT2D eigenvalue weighted by Gasteiger charge is 2.34. The van der Waals surface area contributed by atoms with E-state index in [1.54, 1.807) is 29.2 Å². The zero-order valence-electron chi connectivity index (χ0n) is 17.0. The van der Waals surface area contributed by atoms with Gasteiger partial charge in [-0.2, -0.15) is 0 Å². The van der Waals surface area contributed by atoms with Crippen LogP contribution in [-0.2, 0) is 19.4 Å². The number of carbonyl (C=O) groups excluding carboxylic acids is 2. The second-order valence-electron chi connectivity index (χ2n) is 7.40. The number of aromatic nitrogens is 2. The Labute approximate surface area is 194 Å². The Kier molecular flexibility index (Phi) is 6.27. The minimum atomic E-state index is -3.76. The SMILES string of the molecule is Cc1ccc(N2C[C@@H](c3nnc(NC(=O)CS(=O)(=O)c4ccccc4)s3)CC2=O)cc1Cl. The van der Waals surface area contributed by atoms with Gasteiger partial charge < -0.3 is 4.90 Å². The second-order valence-corrected chi connectivity index (χ2v) is 10.8. The maximum absolute atomic E-state index is 12.5. The molecule has 0 unspecified atom stereocenters. The zero-order chi connectivity index (χ0) is 22.9. The van der Waals surface area contributed by atoms with Crippen molar-refractivity contribution in [3.05, 3.63) is 64.1 Å². The van der Waals surface area contributed by atoms with Gasteiger partial charge in [0.1, 0.15) is 10.8 Å². The molecule has 2 aromatic carbocycles. The van der Waals surface area contributed by atoms with Crippen LogP contribution in [0.1, 0.15) is 22.9 Å². The molecule has 0 saturated carbocycles. The fourth-order valence-corrected chi connectivity index (χ4v) is 5.54. The molecule has 8 nitrogen and oxygen atoms in total. The first-order valence-corrected chi connectivity index (χ1v) is 12.5. The van der Waals surface area contributed by atoms with Crippen molar-refractivity contribution in [1.82, 2.24) is 10.2 Å². The molecule has 0 bridgehead atoms. The average Bonchev–Trinajstić information content (AvgIpc) is 3.37. The van der Waals surface area contributed by atoms with E-state index in [0.717, 1.165) is 22.6 Å². The van der Waals surface area contributed by atoms with Gasteiger partial charge in [0.05, 0.1) is 4.90 Å². The Bertz CT molecular complexity index is 1280. The van der Waals surface area contributed by atoms with E-state index in [2.05, 4.69) is 15.5 Å². The summed E-state index contributed by atoms with van der Waals surface area (Å²) in [4.78, 5) is 26.5. The van der Waals surface area contributed by atoms with Gasteiger partial charge in [0, 0.05) is 29.6 Å². The van der Waals surface area contributed by atoms with Crippen LogP contribution < -0.4 is 10.2 Å². The summed E-state index contributed by atoms with van der Waals surface area (Å²) in [6.45, 7) is 2.31. The van der Waals surface area contributed by atoms with Gasteiger partial charge >= 0.3 is 0 Å². The van der Waals surface area contributed by atoms with Crippen molar-refractivity contribution >= 4 is 55.4 Å². The highest BCUT2D eigenvalue weighted by molar-refractivity contribution is 7.92. The highest BCUT2D eigenvalue weighted by Crippen LogP contribution is 2.35. The zero-order valence-corrected chi connectivity index (χ0v) is 19.4. The molecule has 1 aliphatic heterocycles. The summed E-state index contributed by atoms with van der Waals surface area (Å²) in [6.07, 6.45) is 0.260. The molecule has 1 fully saturated rings. The predicted octanol–water partition coefficient (Wildman–Crippen LogP) is 3.43. The van der Waals surface area contributed by atoms with Gasteiger partial charge in [-0.25, -0.2) is 8.42 Å². The van der Waals surface area contributed by atoms with E-state index >= 15 is 0 Å². The van der Waals surface area contributed by atoms with Crippen molar-refractivity contribution in [2.24, 2.45) is 0 Å². The van der Waals surface area contributed by atoms with Crippen molar-refractivity contribution in [2.45, 2.75) is 24.2 Å². The van der Waals surface area contributed by atoms with Gasteiger partial charge in [-0.1, -0.05) is 47.2 Å². The molecule has 0 radical (unpaired) electrons. The predicted molar refractivity (Wildman–Crippen MR) is 123 cm³/mol. The first kappa shape index (κ1) is 22.4. The summed E-state index contributed by atoms with van der Waals surface area (Å²) in [5.74, 6) is -1.63.